The number of halogens is 1. The lowest BCUT2D eigenvalue weighted by molar-refractivity contribution is 1.01. The Kier molecular flexibility index (Phi) is 4.91. The van der Waals surface area contributed by atoms with Crippen molar-refractivity contribution in [2.24, 2.45) is 0 Å². The quantitative estimate of drug-likeness (QED) is 0.716. The van der Waals surface area contributed by atoms with Gasteiger partial charge in [-0.2, -0.15) is 4.98 Å². The Bertz CT molecular complexity index is 836. The third kappa shape index (κ3) is 4.20. The maximum atomic E-state index is 5.99. The Labute approximate surface area is 146 Å². The number of benzene rings is 1. The first-order valence-electron chi connectivity index (χ1n) is 7.63. The van der Waals surface area contributed by atoms with Gasteiger partial charge in [-0.15, -0.1) is 0 Å². The molecule has 2 heterocycles. The lowest BCUT2D eigenvalue weighted by Crippen LogP contribution is -2.06. The average molecular weight is 340 g/mol. The van der Waals surface area contributed by atoms with Crippen LogP contribution in [0.15, 0.2) is 48.7 Å². The van der Waals surface area contributed by atoms with E-state index >= 15 is 0 Å². The van der Waals surface area contributed by atoms with Crippen LogP contribution in [0.1, 0.15) is 17.0 Å². The molecular formula is C18H18ClN5. The molecular weight excluding hydrogens is 322 g/mol. The van der Waals surface area contributed by atoms with E-state index in [1.54, 1.807) is 6.20 Å². The fraction of sp³-hybridized carbons (Fsp3) is 0.167. The number of hydrogen-bond acceptors (Lipinski definition) is 5. The summed E-state index contributed by atoms with van der Waals surface area (Å²) in [7, 11) is 0. The summed E-state index contributed by atoms with van der Waals surface area (Å²) in [5.74, 6) is 1.30. The van der Waals surface area contributed by atoms with Gasteiger partial charge >= 0.3 is 0 Å². The standard InChI is InChI=1S/C18H18ClN5/c1-12-9-14(19)6-7-16(12)23-18-22-13(2)10-17(24-18)21-11-15-5-3-4-8-20-15/h3-10H,11H2,1-2H3,(H2,21,22,23,24). The van der Waals surface area contributed by atoms with E-state index in [2.05, 4.69) is 25.6 Å². The van der Waals surface area contributed by atoms with Gasteiger partial charge in [0.2, 0.25) is 5.95 Å². The second kappa shape index (κ2) is 7.27. The molecule has 0 fully saturated rings. The maximum Gasteiger partial charge on any atom is 0.229 e. The van der Waals surface area contributed by atoms with E-state index < -0.39 is 0 Å². The van der Waals surface area contributed by atoms with Gasteiger partial charge in [0.25, 0.3) is 0 Å². The summed E-state index contributed by atoms with van der Waals surface area (Å²) in [6.07, 6.45) is 1.78. The largest absolute Gasteiger partial charge is 0.364 e. The predicted molar refractivity (Wildman–Crippen MR) is 97.8 cm³/mol. The summed E-state index contributed by atoms with van der Waals surface area (Å²) in [4.78, 5) is 13.2. The molecule has 24 heavy (non-hydrogen) atoms. The van der Waals surface area contributed by atoms with Crippen LogP contribution in [0, 0.1) is 13.8 Å². The van der Waals surface area contributed by atoms with E-state index in [1.165, 1.54) is 0 Å². The number of hydrogen-bond donors (Lipinski definition) is 2. The van der Waals surface area contributed by atoms with Crippen LogP contribution >= 0.6 is 11.6 Å². The zero-order valence-corrected chi connectivity index (χ0v) is 14.3. The first-order valence-corrected chi connectivity index (χ1v) is 8.00. The van der Waals surface area contributed by atoms with Gasteiger partial charge in [0, 0.05) is 28.7 Å². The molecule has 0 aliphatic carbocycles. The molecule has 3 rings (SSSR count). The summed E-state index contributed by atoms with van der Waals surface area (Å²) in [6.45, 7) is 4.54. The highest BCUT2D eigenvalue weighted by molar-refractivity contribution is 6.30. The van der Waals surface area contributed by atoms with E-state index in [9.17, 15) is 0 Å². The van der Waals surface area contributed by atoms with Gasteiger partial charge in [0.15, 0.2) is 0 Å². The predicted octanol–water partition coefficient (Wildman–Crippen LogP) is 4.50. The first-order chi connectivity index (χ1) is 11.6. The Morgan fingerprint density at radius 2 is 1.92 bits per heavy atom. The molecule has 0 saturated heterocycles. The molecule has 0 unspecified atom stereocenters. The topological polar surface area (TPSA) is 62.7 Å². The van der Waals surface area contributed by atoms with Crippen LogP contribution in [0.4, 0.5) is 17.5 Å². The van der Waals surface area contributed by atoms with Crippen LogP contribution in [-0.4, -0.2) is 15.0 Å². The number of aromatic nitrogens is 3. The monoisotopic (exact) mass is 339 g/mol. The molecule has 0 radical (unpaired) electrons. The van der Waals surface area contributed by atoms with Gasteiger partial charge in [-0.25, -0.2) is 4.98 Å². The van der Waals surface area contributed by atoms with Gasteiger partial charge in [0.05, 0.1) is 12.2 Å². The minimum atomic E-state index is 0.545. The van der Waals surface area contributed by atoms with Crippen molar-refractivity contribution in [3.05, 3.63) is 70.6 Å². The highest BCUT2D eigenvalue weighted by Gasteiger charge is 2.05. The number of nitrogens with zero attached hydrogens (tertiary/aromatic N) is 3. The maximum absolute atomic E-state index is 5.99. The molecule has 0 spiro atoms. The van der Waals surface area contributed by atoms with Crippen LogP contribution in [0.2, 0.25) is 5.02 Å². The van der Waals surface area contributed by atoms with Crippen molar-refractivity contribution in [1.29, 1.82) is 0 Å². The van der Waals surface area contributed by atoms with Gasteiger partial charge < -0.3 is 10.6 Å². The third-order valence-corrected chi connectivity index (χ3v) is 3.70. The molecule has 0 aliphatic rings. The normalized spacial score (nSPS) is 10.5. The van der Waals surface area contributed by atoms with Crippen molar-refractivity contribution in [2.45, 2.75) is 20.4 Å². The van der Waals surface area contributed by atoms with Crippen LogP contribution in [0.5, 0.6) is 0 Å². The summed E-state index contributed by atoms with van der Waals surface area (Å²) in [5, 5.41) is 7.23. The van der Waals surface area contributed by atoms with E-state index in [1.807, 2.05) is 56.3 Å². The molecule has 0 bridgehead atoms. The second-order valence-corrected chi connectivity index (χ2v) is 5.91. The second-order valence-electron chi connectivity index (χ2n) is 5.48. The number of rotatable bonds is 5. The van der Waals surface area contributed by atoms with Crippen molar-refractivity contribution in [3.63, 3.8) is 0 Å². The Balaban J connectivity index is 1.76. The summed E-state index contributed by atoms with van der Waals surface area (Å²) < 4.78 is 0. The third-order valence-electron chi connectivity index (χ3n) is 3.47. The van der Waals surface area contributed by atoms with Crippen LogP contribution in [0.3, 0.4) is 0 Å². The van der Waals surface area contributed by atoms with E-state index in [0.717, 1.165) is 28.5 Å². The molecule has 6 heteroatoms. The first kappa shape index (κ1) is 16.2. The number of aryl methyl sites for hydroxylation is 2. The van der Waals surface area contributed by atoms with Crippen LogP contribution in [-0.2, 0) is 6.54 Å². The zero-order chi connectivity index (χ0) is 16.9. The molecule has 0 saturated carbocycles. The van der Waals surface area contributed by atoms with E-state index in [-0.39, 0.29) is 0 Å². The molecule has 5 nitrogen and oxygen atoms in total. The fourth-order valence-corrected chi connectivity index (χ4v) is 2.51. The lowest BCUT2D eigenvalue weighted by Gasteiger charge is -2.11. The van der Waals surface area contributed by atoms with Gasteiger partial charge in [-0.05, 0) is 49.7 Å². The number of nitrogens with one attached hydrogen (secondary N) is 2. The summed E-state index contributed by atoms with van der Waals surface area (Å²) in [6, 6.07) is 13.4. The fourth-order valence-electron chi connectivity index (χ4n) is 2.29. The molecule has 0 atom stereocenters. The molecule has 2 aromatic heterocycles. The number of anilines is 3. The van der Waals surface area contributed by atoms with Crippen molar-refractivity contribution in [2.75, 3.05) is 10.6 Å². The minimum Gasteiger partial charge on any atom is -0.364 e. The minimum absolute atomic E-state index is 0.545. The van der Waals surface area contributed by atoms with Crippen molar-refractivity contribution >= 4 is 29.1 Å². The zero-order valence-electron chi connectivity index (χ0n) is 13.5. The molecule has 3 aromatic rings. The van der Waals surface area contributed by atoms with Crippen molar-refractivity contribution in [1.82, 2.24) is 15.0 Å². The Morgan fingerprint density at radius 3 is 2.67 bits per heavy atom. The smallest absolute Gasteiger partial charge is 0.229 e. The highest BCUT2D eigenvalue weighted by Crippen LogP contribution is 2.22. The number of pyridine rings is 1. The highest BCUT2D eigenvalue weighted by atomic mass is 35.5. The molecule has 122 valence electrons. The molecule has 0 amide bonds. The lowest BCUT2D eigenvalue weighted by atomic mass is 10.2. The Morgan fingerprint density at radius 1 is 1.04 bits per heavy atom. The van der Waals surface area contributed by atoms with Gasteiger partial charge in [0.1, 0.15) is 5.82 Å². The van der Waals surface area contributed by atoms with Gasteiger partial charge in [-0.3, -0.25) is 4.98 Å². The SMILES string of the molecule is Cc1cc(NCc2ccccn2)nc(Nc2ccc(Cl)cc2C)n1. The van der Waals surface area contributed by atoms with Crippen LogP contribution in [0.25, 0.3) is 0 Å². The summed E-state index contributed by atoms with van der Waals surface area (Å²) in [5.41, 5.74) is 3.80. The van der Waals surface area contributed by atoms with E-state index in [4.69, 9.17) is 11.6 Å². The average Bonchev–Trinajstić information content (AvgIpc) is 2.56. The van der Waals surface area contributed by atoms with Crippen LogP contribution < -0.4 is 10.6 Å². The van der Waals surface area contributed by atoms with Crippen molar-refractivity contribution < 1.29 is 0 Å². The molecule has 2 N–H and O–H groups in total. The molecule has 1 aromatic carbocycles. The van der Waals surface area contributed by atoms with E-state index in [0.29, 0.717) is 17.5 Å². The Hall–Kier alpha value is -2.66. The molecule has 0 aliphatic heterocycles. The summed E-state index contributed by atoms with van der Waals surface area (Å²) >= 11 is 5.99. The van der Waals surface area contributed by atoms with Gasteiger partial charge in [-0.1, -0.05) is 17.7 Å². The van der Waals surface area contributed by atoms with Crippen molar-refractivity contribution in [3.8, 4) is 0 Å².